The summed E-state index contributed by atoms with van der Waals surface area (Å²) in [6.45, 7) is 12.1. The van der Waals surface area contributed by atoms with Gasteiger partial charge >= 0.3 is 0 Å². The Morgan fingerprint density at radius 2 is 1.87 bits per heavy atom. The summed E-state index contributed by atoms with van der Waals surface area (Å²) in [4.78, 5) is 13.5. The van der Waals surface area contributed by atoms with Gasteiger partial charge in [0.15, 0.2) is 5.75 Å². The zero-order valence-corrected chi connectivity index (χ0v) is 20.0. The molecule has 0 bridgehead atoms. The zero-order valence-electron chi connectivity index (χ0n) is 20.0. The first-order chi connectivity index (χ1) is 14.9. The summed E-state index contributed by atoms with van der Waals surface area (Å²) in [5.74, 6) is 1.21. The normalized spacial score (nSPS) is 12.0. The summed E-state index contributed by atoms with van der Waals surface area (Å²) in [6, 6.07) is 5.66. The molecule has 2 rings (SSSR count). The Balaban J connectivity index is 2.55. The zero-order chi connectivity index (χ0) is 22.8. The monoisotopic (exact) mass is 428 g/mol. The maximum atomic E-state index is 13.5. The Bertz CT molecular complexity index is 926. The number of anilines is 1. The predicted octanol–water partition coefficient (Wildman–Crippen LogP) is 6.32. The van der Waals surface area contributed by atoms with Crippen molar-refractivity contribution < 1.29 is 9.47 Å². The maximum absolute atomic E-state index is 13.5. The molecule has 2 N–H and O–H groups in total. The molecule has 31 heavy (non-hydrogen) atoms. The number of nitrogens with zero attached hydrogens (tertiary/aromatic N) is 1. The Labute approximate surface area is 187 Å². The molecule has 1 atom stereocenters. The van der Waals surface area contributed by atoms with Gasteiger partial charge in [-0.25, -0.2) is 0 Å². The van der Waals surface area contributed by atoms with E-state index in [1.54, 1.807) is 0 Å². The number of benzene rings is 1. The number of allylic oxidation sites excluding steroid dienone is 1. The number of aromatic nitrogens is 1. The molecule has 1 aromatic carbocycles. The van der Waals surface area contributed by atoms with Crippen LogP contribution in [0.5, 0.6) is 11.5 Å². The van der Waals surface area contributed by atoms with Crippen molar-refractivity contribution in [3.63, 3.8) is 0 Å². The largest absolute Gasteiger partial charge is 0.485 e. The van der Waals surface area contributed by atoms with Gasteiger partial charge in [-0.2, -0.15) is 0 Å². The second-order valence-corrected chi connectivity index (χ2v) is 8.75. The molecule has 0 saturated heterocycles. The van der Waals surface area contributed by atoms with Crippen LogP contribution in [0, 0.1) is 5.92 Å². The number of hydrogen-bond acceptors (Lipinski definition) is 4. The van der Waals surface area contributed by atoms with E-state index in [2.05, 4.69) is 20.8 Å². The van der Waals surface area contributed by atoms with Gasteiger partial charge in [-0.05, 0) is 56.9 Å². The minimum atomic E-state index is -0.134. The van der Waals surface area contributed by atoms with E-state index in [4.69, 9.17) is 15.2 Å². The third-order valence-electron chi connectivity index (χ3n) is 5.45. The van der Waals surface area contributed by atoms with Crippen molar-refractivity contribution in [2.75, 3.05) is 18.9 Å². The number of nitrogens with two attached hydrogens (primary N) is 1. The number of rotatable bonds is 13. The van der Waals surface area contributed by atoms with E-state index in [1.165, 1.54) is 0 Å². The first kappa shape index (κ1) is 24.8. The van der Waals surface area contributed by atoms with Crippen molar-refractivity contribution in [3.05, 3.63) is 40.2 Å². The van der Waals surface area contributed by atoms with Crippen LogP contribution in [0.25, 0.3) is 10.9 Å². The number of aryl methyl sites for hydroxylation is 1. The van der Waals surface area contributed by atoms with Gasteiger partial charge in [-0.1, -0.05) is 52.0 Å². The lowest BCUT2D eigenvalue weighted by atomic mass is 10.1. The molecule has 0 radical (unpaired) electrons. The maximum Gasteiger partial charge on any atom is 0.297 e. The highest BCUT2D eigenvalue weighted by molar-refractivity contribution is 5.90. The van der Waals surface area contributed by atoms with Crippen molar-refractivity contribution in [1.29, 1.82) is 0 Å². The molecular formula is C26H40N2O3. The van der Waals surface area contributed by atoms with Gasteiger partial charge in [-0.15, -0.1) is 0 Å². The third kappa shape index (κ3) is 7.05. The highest BCUT2D eigenvalue weighted by atomic mass is 16.5. The van der Waals surface area contributed by atoms with Crippen LogP contribution in [0.1, 0.15) is 73.1 Å². The van der Waals surface area contributed by atoms with Crippen LogP contribution < -0.4 is 20.8 Å². The second kappa shape index (κ2) is 12.4. The molecule has 0 saturated carbocycles. The molecule has 0 aliphatic heterocycles. The standard InChI is InChI=1S/C26H40N2O3/c1-6-8-9-10-15-28-23-17-21(27)12-13-22(23)24(30-16-14-19(3)4)25(26(28)29)31-18-20(5)11-7-2/h12-14,17,20H,6-11,15-16,18,27H2,1-5H3. The molecule has 0 fully saturated rings. The number of hydrogen-bond donors (Lipinski definition) is 1. The molecule has 1 aromatic heterocycles. The molecular weight excluding hydrogens is 388 g/mol. The van der Waals surface area contributed by atoms with Crippen LogP contribution in [0.3, 0.4) is 0 Å². The molecule has 5 heteroatoms. The van der Waals surface area contributed by atoms with Crippen LogP contribution >= 0.6 is 0 Å². The van der Waals surface area contributed by atoms with Crippen molar-refractivity contribution in [2.45, 2.75) is 79.7 Å². The molecule has 0 aliphatic carbocycles. The Morgan fingerprint density at radius 3 is 2.55 bits per heavy atom. The predicted molar refractivity (Wildman–Crippen MR) is 131 cm³/mol. The van der Waals surface area contributed by atoms with Gasteiger partial charge in [0, 0.05) is 17.6 Å². The van der Waals surface area contributed by atoms with E-state index in [0.29, 0.717) is 42.9 Å². The van der Waals surface area contributed by atoms with E-state index in [0.717, 1.165) is 55.0 Å². The van der Waals surface area contributed by atoms with E-state index in [9.17, 15) is 4.79 Å². The first-order valence-electron chi connectivity index (χ1n) is 11.7. The van der Waals surface area contributed by atoms with Gasteiger partial charge in [0.05, 0.1) is 12.1 Å². The fourth-order valence-corrected chi connectivity index (χ4v) is 3.70. The van der Waals surface area contributed by atoms with E-state index < -0.39 is 0 Å². The quantitative estimate of drug-likeness (QED) is 0.230. The van der Waals surface area contributed by atoms with Crippen molar-refractivity contribution in [2.24, 2.45) is 5.92 Å². The van der Waals surface area contributed by atoms with Gasteiger partial charge in [0.25, 0.3) is 5.56 Å². The average Bonchev–Trinajstić information content (AvgIpc) is 2.72. The summed E-state index contributed by atoms with van der Waals surface area (Å²) < 4.78 is 14.1. The number of ether oxygens (including phenoxy) is 2. The summed E-state index contributed by atoms with van der Waals surface area (Å²) in [7, 11) is 0. The van der Waals surface area contributed by atoms with Gasteiger partial charge in [0.1, 0.15) is 6.61 Å². The summed E-state index contributed by atoms with van der Waals surface area (Å²) >= 11 is 0. The lowest BCUT2D eigenvalue weighted by molar-refractivity contribution is 0.233. The molecule has 5 nitrogen and oxygen atoms in total. The Morgan fingerprint density at radius 1 is 1.10 bits per heavy atom. The minimum absolute atomic E-state index is 0.134. The van der Waals surface area contributed by atoms with Crippen LogP contribution in [-0.2, 0) is 6.54 Å². The highest BCUT2D eigenvalue weighted by Crippen LogP contribution is 2.34. The molecule has 172 valence electrons. The first-order valence-corrected chi connectivity index (χ1v) is 11.7. The van der Waals surface area contributed by atoms with Crippen molar-refractivity contribution in [3.8, 4) is 11.5 Å². The van der Waals surface area contributed by atoms with E-state index >= 15 is 0 Å². The fraction of sp³-hybridized carbons (Fsp3) is 0.577. The lowest BCUT2D eigenvalue weighted by Gasteiger charge is -2.20. The Kier molecular flexibility index (Phi) is 9.96. The average molecular weight is 429 g/mol. The minimum Gasteiger partial charge on any atom is -0.485 e. The van der Waals surface area contributed by atoms with Gasteiger partial charge in [0.2, 0.25) is 5.75 Å². The highest BCUT2D eigenvalue weighted by Gasteiger charge is 2.20. The topological polar surface area (TPSA) is 66.5 Å². The SMILES string of the molecule is CCCCCCn1c(=O)c(OCC(C)CCC)c(OCC=C(C)C)c2ccc(N)cc21. The molecule has 1 unspecified atom stereocenters. The van der Waals surface area contributed by atoms with E-state index in [1.807, 2.05) is 42.7 Å². The molecule has 0 amide bonds. The lowest BCUT2D eigenvalue weighted by Crippen LogP contribution is -2.25. The summed E-state index contributed by atoms with van der Waals surface area (Å²) in [6.07, 6.45) is 8.51. The second-order valence-electron chi connectivity index (χ2n) is 8.75. The van der Waals surface area contributed by atoms with Crippen molar-refractivity contribution >= 4 is 16.6 Å². The summed E-state index contributed by atoms with van der Waals surface area (Å²) in [5.41, 5.74) is 8.55. The molecule has 0 spiro atoms. The van der Waals surface area contributed by atoms with Gasteiger partial charge < -0.3 is 19.8 Å². The number of nitrogen functional groups attached to an aromatic ring is 1. The summed E-state index contributed by atoms with van der Waals surface area (Å²) in [5, 5.41) is 0.865. The third-order valence-corrected chi connectivity index (χ3v) is 5.45. The van der Waals surface area contributed by atoms with Crippen molar-refractivity contribution in [1.82, 2.24) is 4.57 Å². The number of pyridine rings is 1. The smallest absolute Gasteiger partial charge is 0.297 e. The van der Waals surface area contributed by atoms with E-state index in [-0.39, 0.29) is 5.56 Å². The fourth-order valence-electron chi connectivity index (χ4n) is 3.70. The van der Waals surface area contributed by atoms with Crippen LogP contribution in [0.2, 0.25) is 0 Å². The molecule has 0 aliphatic rings. The molecule has 1 heterocycles. The number of fused-ring (bicyclic) bond motifs is 1. The number of unbranched alkanes of at least 4 members (excludes halogenated alkanes) is 3. The van der Waals surface area contributed by atoms with Crippen LogP contribution in [0.4, 0.5) is 5.69 Å². The van der Waals surface area contributed by atoms with Crippen LogP contribution in [0.15, 0.2) is 34.6 Å². The van der Waals surface area contributed by atoms with Crippen LogP contribution in [-0.4, -0.2) is 17.8 Å². The Hall–Kier alpha value is -2.43. The van der Waals surface area contributed by atoms with Gasteiger partial charge in [-0.3, -0.25) is 4.79 Å². The molecule has 2 aromatic rings.